The summed E-state index contributed by atoms with van der Waals surface area (Å²) in [6.07, 6.45) is 8.94. The van der Waals surface area contributed by atoms with Gasteiger partial charge in [-0.2, -0.15) is 0 Å². The van der Waals surface area contributed by atoms with Gasteiger partial charge in [-0.05, 0) is 55.2 Å². The quantitative estimate of drug-likeness (QED) is 0.354. The molecule has 2 saturated heterocycles. The van der Waals surface area contributed by atoms with Crippen molar-refractivity contribution in [3.05, 3.63) is 34.9 Å². The van der Waals surface area contributed by atoms with Gasteiger partial charge in [-0.25, -0.2) is 0 Å². The molecule has 1 saturated carbocycles. The summed E-state index contributed by atoms with van der Waals surface area (Å²) in [5.74, 6) is 1.06. The molecule has 6 heteroatoms. The summed E-state index contributed by atoms with van der Waals surface area (Å²) in [6, 6.07) is 8.36. The summed E-state index contributed by atoms with van der Waals surface area (Å²) < 4.78 is 5.67. The predicted molar refractivity (Wildman–Crippen MR) is 127 cm³/mol. The van der Waals surface area contributed by atoms with E-state index in [2.05, 4.69) is 33.4 Å². The van der Waals surface area contributed by atoms with Crippen LogP contribution in [0.1, 0.15) is 50.5 Å². The first-order chi connectivity index (χ1) is 13.1. The number of rotatable bonds is 3. The number of ether oxygens (including phenoxy) is 1. The zero-order valence-electron chi connectivity index (χ0n) is 16.9. The van der Waals surface area contributed by atoms with Crippen molar-refractivity contribution in [1.82, 2.24) is 10.2 Å². The third-order valence-corrected chi connectivity index (χ3v) is 7.32. The lowest BCUT2D eigenvalue weighted by Crippen LogP contribution is -2.49. The van der Waals surface area contributed by atoms with E-state index in [0.29, 0.717) is 5.41 Å². The van der Waals surface area contributed by atoms with Gasteiger partial charge in [0.25, 0.3) is 0 Å². The molecule has 3 aliphatic rings. The van der Waals surface area contributed by atoms with Crippen LogP contribution in [0.25, 0.3) is 0 Å². The Morgan fingerprint density at radius 2 is 1.93 bits per heavy atom. The maximum Gasteiger partial charge on any atom is 0.193 e. The fourth-order valence-electron chi connectivity index (χ4n) is 5.38. The number of hydrogen-bond acceptors (Lipinski definition) is 2. The fourth-order valence-corrected chi connectivity index (χ4v) is 5.57. The standard InChI is InChI=1S/C22H32ClN3O.HI/c1-24-20(26-12-9-21(17-26)7-2-3-8-21)25-16-22(10-13-27-14-11-22)18-5-4-6-19(23)15-18;/h4-6,15H,2-3,7-14,16-17H2,1H3,(H,24,25);1H. The summed E-state index contributed by atoms with van der Waals surface area (Å²) >= 11 is 6.31. The van der Waals surface area contributed by atoms with Gasteiger partial charge in [0.1, 0.15) is 0 Å². The second-order valence-corrected chi connectivity index (χ2v) is 9.12. The summed E-state index contributed by atoms with van der Waals surface area (Å²) in [4.78, 5) is 7.11. The van der Waals surface area contributed by atoms with E-state index in [1.165, 1.54) is 44.2 Å². The molecule has 0 bridgehead atoms. The van der Waals surface area contributed by atoms with Crippen molar-refractivity contribution in [2.75, 3.05) is 39.9 Å². The molecule has 2 heterocycles. The molecule has 1 aliphatic carbocycles. The van der Waals surface area contributed by atoms with Crippen LogP contribution in [0, 0.1) is 5.41 Å². The van der Waals surface area contributed by atoms with Crippen molar-refractivity contribution in [3.63, 3.8) is 0 Å². The first-order valence-electron chi connectivity index (χ1n) is 10.4. The van der Waals surface area contributed by atoms with Crippen molar-refractivity contribution in [3.8, 4) is 0 Å². The highest BCUT2D eigenvalue weighted by Crippen LogP contribution is 2.45. The van der Waals surface area contributed by atoms with Crippen LogP contribution in [0.2, 0.25) is 5.02 Å². The van der Waals surface area contributed by atoms with E-state index in [1.807, 2.05) is 13.1 Å². The minimum Gasteiger partial charge on any atom is -0.381 e. The number of benzene rings is 1. The minimum absolute atomic E-state index is 0. The molecule has 1 aromatic carbocycles. The van der Waals surface area contributed by atoms with Crippen LogP contribution in [0.5, 0.6) is 0 Å². The number of aliphatic imine (C=N–C) groups is 1. The van der Waals surface area contributed by atoms with Crippen LogP contribution in [0.3, 0.4) is 0 Å². The summed E-state index contributed by atoms with van der Waals surface area (Å²) in [6.45, 7) is 4.79. The first-order valence-corrected chi connectivity index (χ1v) is 10.8. The number of likely N-dealkylation sites (tertiary alicyclic amines) is 1. The first kappa shape index (κ1) is 22.2. The molecule has 0 atom stereocenters. The molecule has 1 aromatic rings. The lowest BCUT2D eigenvalue weighted by atomic mass is 9.74. The van der Waals surface area contributed by atoms with Gasteiger partial charge < -0.3 is 15.0 Å². The molecule has 1 N–H and O–H groups in total. The lowest BCUT2D eigenvalue weighted by Gasteiger charge is -2.39. The number of halogens is 2. The average Bonchev–Trinajstić information content (AvgIpc) is 3.33. The molecule has 156 valence electrons. The SMILES string of the molecule is CN=C(NCC1(c2cccc(Cl)c2)CCOCC1)N1CCC2(CCCC2)C1.I. The average molecular weight is 518 g/mol. The van der Waals surface area contributed by atoms with E-state index in [-0.39, 0.29) is 29.4 Å². The topological polar surface area (TPSA) is 36.9 Å². The van der Waals surface area contributed by atoms with Crippen LogP contribution in [-0.2, 0) is 10.2 Å². The molecule has 0 aromatic heterocycles. The van der Waals surface area contributed by atoms with Gasteiger partial charge in [0.05, 0.1) is 0 Å². The van der Waals surface area contributed by atoms with Crippen LogP contribution in [0.4, 0.5) is 0 Å². The Morgan fingerprint density at radius 1 is 1.18 bits per heavy atom. The fraction of sp³-hybridized carbons (Fsp3) is 0.682. The third-order valence-electron chi connectivity index (χ3n) is 7.09. The van der Waals surface area contributed by atoms with Gasteiger partial charge in [0, 0.05) is 50.3 Å². The normalized spacial score (nSPS) is 23.6. The van der Waals surface area contributed by atoms with Crippen molar-refractivity contribution >= 4 is 41.5 Å². The molecule has 4 rings (SSSR count). The second-order valence-electron chi connectivity index (χ2n) is 8.68. The summed E-state index contributed by atoms with van der Waals surface area (Å²) in [5.41, 5.74) is 1.93. The Morgan fingerprint density at radius 3 is 2.61 bits per heavy atom. The van der Waals surface area contributed by atoms with Crippen LogP contribution < -0.4 is 5.32 Å². The molecule has 1 spiro atoms. The zero-order valence-corrected chi connectivity index (χ0v) is 20.0. The Labute approximate surface area is 191 Å². The van der Waals surface area contributed by atoms with Crippen LogP contribution in [0.15, 0.2) is 29.3 Å². The monoisotopic (exact) mass is 517 g/mol. The number of guanidine groups is 1. The number of nitrogens with zero attached hydrogens (tertiary/aromatic N) is 2. The molecule has 2 aliphatic heterocycles. The van der Waals surface area contributed by atoms with E-state index in [9.17, 15) is 0 Å². The minimum atomic E-state index is 0. The highest BCUT2D eigenvalue weighted by molar-refractivity contribution is 14.0. The van der Waals surface area contributed by atoms with E-state index < -0.39 is 0 Å². The maximum atomic E-state index is 6.31. The van der Waals surface area contributed by atoms with E-state index in [1.54, 1.807) is 0 Å². The van der Waals surface area contributed by atoms with Gasteiger partial charge in [0.2, 0.25) is 0 Å². The Balaban J connectivity index is 0.00000225. The Bertz CT molecular complexity index is 684. The molecule has 0 amide bonds. The van der Waals surface area contributed by atoms with E-state index in [0.717, 1.165) is 50.1 Å². The molecule has 4 nitrogen and oxygen atoms in total. The smallest absolute Gasteiger partial charge is 0.193 e. The molecule has 0 radical (unpaired) electrons. The van der Waals surface area contributed by atoms with Crippen LogP contribution >= 0.6 is 35.6 Å². The van der Waals surface area contributed by atoms with Gasteiger partial charge in [0.15, 0.2) is 5.96 Å². The van der Waals surface area contributed by atoms with Gasteiger partial charge in [-0.1, -0.05) is 36.6 Å². The second kappa shape index (κ2) is 9.52. The van der Waals surface area contributed by atoms with Gasteiger partial charge in [-0.3, -0.25) is 4.99 Å². The zero-order chi connectivity index (χ0) is 18.7. The van der Waals surface area contributed by atoms with E-state index >= 15 is 0 Å². The predicted octanol–water partition coefficient (Wildman–Crippen LogP) is 4.85. The highest BCUT2D eigenvalue weighted by atomic mass is 127. The third kappa shape index (κ3) is 4.62. The molecule has 28 heavy (non-hydrogen) atoms. The molecular weight excluding hydrogens is 485 g/mol. The number of hydrogen-bond donors (Lipinski definition) is 1. The molecular formula is C22H33ClIN3O. The van der Waals surface area contributed by atoms with Crippen molar-refractivity contribution < 1.29 is 4.74 Å². The number of nitrogens with one attached hydrogen (secondary N) is 1. The van der Waals surface area contributed by atoms with Crippen molar-refractivity contribution in [2.24, 2.45) is 10.4 Å². The van der Waals surface area contributed by atoms with Gasteiger partial charge in [-0.15, -0.1) is 24.0 Å². The lowest BCUT2D eigenvalue weighted by molar-refractivity contribution is 0.0512. The Kier molecular flexibility index (Phi) is 7.54. The maximum absolute atomic E-state index is 6.31. The van der Waals surface area contributed by atoms with Gasteiger partial charge >= 0.3 is 0 Å². The van der Waals surface area contributed by atoms with E-state index in [4.69, 9.17) is 16.3 Å². The van der Waals surface area contributed by atoms with Crippen molar-refractivity contribution in [1.29, 1.82) is 0 Å². The summed E-state index contributed by atoms with van der Waals surface area (Å²) in [5, 5.41) is 4.53. The molecule has 0 unspecified atom stereocenters. The molecule has 3 fully saturated rings. The highest BCUT2D eigenvalue weighted by Gasteiger charge is 2.42. The van der Waals surface area contributed by atoms with Crippen molar-refractivity contribution in [2.45, 2.75) is 50.4 Å². The van der Waals surface area contributed by atoms with Crippen LogP contribution in [-0.4, -0.2) is 50.8 Å². The Hall–Kier alpha value is -0.530. The largest absolute Gasteiger partial charge is 0.381 e. The summed E-state index contributed by atoms with van der Waals surface area (Å²) in [7, 11) is 1.91.